The van der Waals surface area contributed by atoms with Gasteiger partial charge < -0.3 is 32.8 Å². The first-order chi connectivity index (χ1) is 56.9. The number of nitrogens with zero attached hydrogens (tertiary/aromatic N) is 7. The number of aromatic nitrogens is 4. The van der Waals surface area contributed by atoms with Gasteiger partial charge in [-0.15, -0.1) is 0 Å². The molecule has 0 amide bonds. The molecule has 19 nitrogen and oxygen atoms in total. The predicted octanol–water partition coefficient (Wildman–Crippen LogP) is 17.2. The number of hydrogen-bond donors (Lipinski definition) is 1. The van der Waals surface area contributed by atoms with Gasteiger partial charge in [-0.05, 0) is 250 Å². The Bertz CT molecular complexity index is 5380. The number of phenolic OH excluding ortho intramolecular Hbond substituents is 1. The van der Waals surface area contributed by atoms with Crippen LogP contribution in [0, 0.1) is 52.4 Å². The van der Waals surface area contributed by atoms with E-state index < -0.39 is 144 Å². The van der Waals surface area contributed by atoms with E-state index >= 15 is 30.7 Å². The van der Waals surface area contributed by atoms with Gasteiger partial charge in [0.05, 0.1) is 56.9 Å². The molecule has 6 heterocycles. The normalized spacial score (nSPS) is 19.3. The number of ether oxygens (including phenoxy) is 3. The monoisotopic (exact) mass is 1760 g/mol. The number of carbonyl (C=O) groups excluding carboxylic acids is 3. The molecular formula is C87H95BF15N7O12S. The molecule has 36 heteroatoms. The van der Waals surface area contributed by atoms with Gasteiger partial charge in [0.15, 0.2) is 23.1 Å². The number of fused-ring (bicyclic) bond motifs is 3. The van der Waals surface area contributed by atoms with Crippen molar-refractivity contribution < 1.29 is 121 Å². The van der Waals surface area contributed by atoms with Crippen LogP contribution in [0.1, 0.15) is 175 Å². The molecule has 0 saturated carbocycles. The number of phenols is 1. The summed E-state index contributed by atoms with van der Waals surface area (Å²) in [5.41, 5.74) is -9.08. The zero-order chi connectivity index (χ0) is 91.6. The maximum absolute atomic E-state index is 15.6. The lowest BCUT2D eigenvalue weighted by Crippen LogP contribution is -2.48. The van der Waals surface area contributed by atoms with Gasteiger partial charge in [0, 0.05) is 122 Å². The van der Waals surface area contributed by atoms with Gasteiger partial charge in [-0.25, -0.2) is 67.1 Å². The molecule has 1 fully saturated rings. The standard InChI is InChI=1S/C28H29F4N3O2.C25H24F7NO5S.C24H25F4NO3.C10H17BN2O2/c1-16-8-18-11-20(19-13-33-34(4)14-19)22(29)12-21(18)27(35(16)15-28(2,3)32)26-23(30)9-17(10-24(26)31)6-7-25(36)37-5;1-13-7-15-10-20(38-39(35,36)25(30,31)32)17(26)11-16(15)23(33(13)12-24(2,3)29)22-18(27)8-14(9-19(22)28)5-6-21(34)37-4;1-13-7-15-10-20(30)17(25)11-16(15)23(29(13)12-24(2,3)28)22-18(26)8-14(9-19(22)27)5-6-21(31)32-4;1-9(2)10(3,4)15-11(14-9)8-6-12-13(5)7-8/h6-7,9-14,16,27H,8,15H2,1-5H3;5-6,8-11,13,23H,7,12H2,1-4H3;5-6,8-11,13,23,30H,7,12H2,1-4H3;6-7H,1-5H3/b7-6+;2*6-5+;. The number of hydrogen-bond acceptors (Lipinski definition) is 17. The second kappa shape index (κ2) is 37.7. The molecule has 12 rings (SSSR count). The molecule has 4 aliphatic heterocycles. The molecule has 6 aromatic carbocycles. The van der Waals surface area contributed by atoms with Crippen molar-refractivity contribution in [1.29, 1.82) is 0 Å². The summed E-state index contributed by atoms with van der Waals surface area (Å²) in [6, 6.07) is 7.70. The Balaban J connectivity index is 0.000000193. The number of methoxy groups -OCH3 is 3. The molecule has 0 spiro atoms. The Hall–Kier alpha value is -10.3. The fraction of sp³-hybridized carbons (Fsp3) is 0.414. The van der Waals surface area contributed by atoms with Gasteiger partial charge in [0.1, 0.15) is 57.7 Å². The fourth-order valence-electron chi connectivity index (χ4n) is 14.9. The van der Waals surface area contributed by atoms with E-state index in [4.69, 9.17) is 9.31 Å². The summed E-state index contributed by atoms with van der Waals surface area (Å²) in [7, 11) is 0.578. The Labute approximate surface area is 703 Å². The molecule has 1 saturated heterocycles. The van der Waals surface area contributed by atoms with E-state index in [1.54, 1.807) is 64.7 Å². The van der Waals surface area contributed by atoms with Crippen molar-refractivity contribution in [1.82, 2.24) is 34.3 Å². The van der Waals surface area contributed by atoms with E-state index in [1.165, 1.54) is 84.9 Å². The third-order valence-corrected chi connectivity index (χ3v) is 22.1. The van der Waals surface area contributed by atoms with Crippen LogP contribution in [0.25, 0.3) is 29.4 Å². The fourth-order valence-corrected chi connectivity index (χ4v) is 15.4. The summed E-state index contributed by atoms with van der Waals surface area (Å²) in [5, 5.41) is 18.0. The van der Waals surface area contributed by atoms with Crippen LogP contribution in [0.3, 0.4) is 0 Å². The van der Waals surface area contributed by atoms with E-state index in [2.05, 4.69) is 28.6 Å². The zero-order valence-corrected chi connectivity index (χ0v) is 71.4. The van der Waals surface area contributed by atoms with Crippen molar-refractivity contribution in [2.45, 2.75) is 179 Å². The minimum absolute atomic E-state index is 0.0441. The van der Waals surface area contributed by atoms with E-state index in [0.29, 0.717) is 41.2 Å². The Morgan fingerprint density at radius 3 is 1.13 bits per heavy atom. The first-order valence-electron chi connectivity index (χ1n) is 38.5. The Kier molecular flexibility index (Phi) is 29.6. The molecule has 123 heavy (non-hydrogen) atoms. The van der Waals surface area contributed by atoms with E-state index in [0.717, 1.165) is 91.0 Å². The lowest BCUT2D eigenvalue weighted by Gasteiger charge is -2.44. The minimum atomic E-state index is -6.21. The van der Waals surface area contributed by atoms with Crippen LogP contribution < -0.4 is 9.65 Å². The van der Waals surface area contributed by atoms with Crippen molar-refractivity contribution in [3.05, 3.63) is 235 Å². The molecule has 2 aromatic heterocycles. The van der Waals surface area contributed by atoms with Gasteiger partial charge in [-0.2, -0.15) is 31.8 Å². The third-order valence-electron chi connectivity index (χ3n) is 21.1. The average molecular weight is 1760 g/mol. The maximum atomic E-state index is 15.6. The van der Waals surface area contributed by atoms with Crippen LogP contribution >= 0.6 is 0 Å². The molecule has 0 bridgehead atoms. The van der Waals surface area contributed by atoms with Gasteiger partial charge in [-0.3, -0.25) is 24.1 Å². The second-order valence-corrected chi connectivity index (χ2v) is 34.8. The summed E-state index contributed by atoms with van der Waals surface area (Å²) in [4.78, 5) is 38.7. The maximum Gasteiger partial charge on any atom is 0.534 e. The summed E-state index contributed by atoms with van der Waals surface area (Å²) in [5.74, 6) is -12.9. The molecule has 8 aromatic rings. The number of carbonyl (C=O) groups is 3. The van der Waals surface area contributed by atoms with Gasteiger partial charge >= 0.3 is 40.7 Å². The van der Waals surface area contributed by atoms with Crippen LogP contribution in [-0.4, -0.2) is 166 Å². The van der Waals surface area contributed by atoms with Crippen LogP contribution in [0.4, 0.5) is 65.9 Å². The molecule has 0 aliphatic carbocycles. The third kappa shape index (κ3) is 23.2. The van der Waals surface area contributed by atoms with Crippen LogP contribution in [0.15, 0.2) is 116 Å². The topological polar surface area (TPSA) is 206 Å². The van der Waals surface area contributed by atoms with Crippen molar-refractivity contribution in [3.63, 3.8) is 0 Å². The highest BCUT2D eigenvalue weighted by Gasteiger charge is 2.53. The Morgan fingerprint density at radius 2 is 0.813 bits per heavy atom. The van der Waals surface area contributed by atoms with Gasteiger partial charge in [-0.1, -0.05) is 0 Å². The molecule has 1 N–H and O–H groups in total. The molecule has 6 unspecified atom stereocenters. The average Bonchev–Trinajstić information content (AvgIpc) is 1.50. The summed E-state index contributed by atoms with van der Waals surface area (Å²) < 4.78 is 275. The highest BCUT2D eigenvalue weighted by molar-refractivity contribution is 7.88. The van der Waals surface area contributed by atoms with Crippen LogP contribution in [-0.2, 0) is 81.4 Å². The highest BCUT2D eigenvalue weighted by atomic mass is 32.2. The van der Waals surface area contributed by atoms with Gasteiger partial charge in [0.2, 0.25) is 0 Å². The number of esters is 3. The first kappa shape index (κ1) is 96.6. The Morgan fingerprint density at radius 1 is 0.488 bits per heavy atom. The first-order valence-corrected chi connectivity index (χ1v) is 39.9. The summed E-state index contributed by atoms with van der Waals surface area (Å²) >= 11 is 0. The lowest BCUT2D eigenvalue weighted by atomic mass is 9.82. The second-order valence-electron chi connectivity index (χ2n) is 33.2. The SMILES string of the molecule is COC(=O)/C=C/c1cc(F)c(C2c3cc(F)c(-c4cnn(C)c4)cc3CC(C)N2CC(C)(C)F)c(F)c1.COC(=O)/C=C/c1cc(F)c(C2c3cc(F)c(O)cc3CC(C)N2CC(C)(C)F)c(F)c1.COC(=O)/C=C/c1cc(F)c(C2c3cc(F)c(OS(=O)(=O)C(F)(F)F)cc3CC(C)N2CC(C)(C)F)c(F)c1.Cn1cc(B2OC(C)(C)C(C)(C)O2)cn1. The van der Waals surface area contributed by atoms with Crippen LogP contribution in [0.5, 0.6) is 11.5 Å². The molecule has 0 radical (unpaired) electrons. The molecule has 664 valence electrons. The largest absolute Gasteiger partial charge is 0.534 e. The number of benzene rings is 6. The minimum Gasteiger partial charge on any atom is -0.505 e. The molecule has 6 atom stereocenters. The summed E-state index contributed by atoms with van der Waals surface area (Å²) in [6.45, 7) is 20.7. The number of aromatic hydroxyl groups is 1. The zero-order valence-electron chi connectivity index (χ0n) is 70.6. The van der Waals surface area contributed by atoms with Crippen molar-refractivity contribution in [2.75, 3.05) is 41.0 Å². The predicted molar refractivity (Wildman–Crippen MR) is 431 cm³/mol. The quantitative estimate of drug-likeness (QED) is 0.0152. The van der Waals surface area contributed by atoms with Crippen LogP contribution in [0.2, 0.25) is 0 Å². The van der Waals surface area contributed by atoms with Gasteiger partial charge in [0.25, 0.3) is 0 Å². The number of rotatable bonds is 19. The number of aryl methyl sites for hydroxylation is 2. The van der Waals surface area contributed by atoms with Crippen molar-refractivity contribution in [3.8, 4) is 22.6 Å². The number of alkyl halides is 6. The van der Waals surface area contributed by atoms with Crippen molar-refractivity contribution in [2.24, 2.45) is 14.1 Å². The van der Waals surface area contributed by atoms with E-state index in [1.807, 2.05) is 47.9 Å². The smallest absolute Gasteiger partial charge is 0.505 e. The highest BCUT2D eigenvalue weighted by Crippen LogP contribution is 2.48. The molecular weight excluding hydrogens is 1660 g/mol. The van der Waals surface area contributed by atoms with Crippen molar-refractivity contribution >= 4 is 58.8 Å². The molecule has 4 aliphatic rings. The van der Waals surface area contributed by atoms with E-state index in [9.17, 15) is 63.0 Å². The number of halogens is 15. The van der Waals surface area contributed by atoms with E-state index in [-0.39, 0.29) is 101 Å². The lowest BCUT2D eigenvalue weighted by molar-refractivity contribution is -0.135. The summed E-state index contributed by atoms with van der Waals surface area (Å²) in [6.07, 6.45) is 14.2.